The molecule has 0 fully saturated rings. The van der Waals surface area contributed by atoms with Crippen LogP contribution in [-0.4, -0.2) is 11.8 Å². The third kappa shape index (κ3) is 2.05. The lowest BCUT2D eigenvalue weighted by atomic mass is 10.0. The molecule has 1 aromatic carbocycles. The Kier molecular flexibility index (Phi) is 3.23. The van der Waals surface area contributed by atoms with Crippen molar-refractivity contribution in [2.75, 3.05) is 6.67 Å². The number of hydrogen-bond donors (Lipinski definition) is 1. The first-order chi connectivity index (χ1) is 5.77. The highest BCUT2D eigenvalue weighted by Crippen LogP contribution is 2.16. The Morgan fingerprint density at radius 1 is 1.50 bits per heavy atom. The van der Waals surface area contributed by atoms with Crippen LogP contribution in [0.15, 0.2) is 24.3 Å². The van der Waals surface area contributed by atoms with E-state index in [1.165, 1.54) is 0 Å². The fraction of sp³-hybridized carbons (Fsp3) is 0.400. The standard InChI is InChI=1S/C10H13FO/c1-8(6-11)10-4-2-3-9(5-10)7-12/h2-5,8,12H,6-7H2,1H3. The van der Waals surface area contributed by atoms with E-state index in [1.54, 1.807) is 0 Å². The molecule has 1 rings (SSSR count). The maximum Gasteiger partial charge on any atom is 0.0960 e. The van der Waals surface area contributed by atoms with E-state index >= 15 is 0 Å². The molecule has 0 aliphatic heterocycles. The molecule has 1 unspecified atom stereocenters. The summed E-state index contributed by atoms with van der Waals surface area (Å²) in [4.78, 5) is 0. The Labute approximate surface area is 71.9 Å². The van der Waals surface area contributed by atoms with Crippen molar-refractivity contribution in [3.63, 3.8) is 0 Å². The molecule has 0 amide bonds. The molecule has 1 N–H and O–H groups in total. The molecule has 0 aliphatic carbocycles. The first kappa shape index (κ1) is 9.20. The van der Waals surface area contributed by atoms with Gasteiger partial charge in [-0.15, -0.1) is 0 Å². The molecule has 0 saturated heterocycles. The van der Waals surface area contributed by atoms with Gasteiger partial charge in [0, 0.05) is 5.92 Å². The molecule has 0 aromatic heterocycles. The Balaban J connectivity index is 2.86. The Morgan fingerprint density at radius 3 is 2.83 bits per heavy atom. The number of aliphatic hydroxyl groups excluding tert-OH is 1. The summed E-state index contributed by atoms with van der Waals surface area (Å²) in [5.41, 5.74) is 1.79. The Morgan fingerprint density at radius 2 is 2.25 bits per heavy atom. The summed E-state index contributed by atoms with van der Waals surface area (Å²) < 4.78 is 12.2. The van der Waals surface area contributed by atoms with Crippen LogP contribution in [0.5, 0.6) is 0 Å². The first-order valence-corrected chi connectivity index (χ1v) is 4.03. The zero-order valence-electron chi connectivity index (χ0n) is 7.13. The Hall–Kier alpha value is -0.890. The normalized spacial score (nSPS) is 12.9. The van der Waals surface area contributed by atoms with E-state index < -0.39 is 0 Å². The average Bonchev–Trinajstić information content (AvgIpc) is 2.17. The number of benzene rings is 1. The van der Waals surface area contributed by atoms with E-state index in [0.29, 0.717) is 0 Å². The second-order valence-electron chi connectivity index (χ2n) is 2.96. The molecule has 66 valence electrons. The van der Waals surface area contributed by atoms with Gasteiger partial charge in [0.2, 0.25) is 0 Å². The summed E-state index contributed by atoms with van der Waals surface area (Å²) >= 11 is 0. The molecule has 0 bridgehead atoms. The quantitative estimate of drug-likeness (QED) is 0.734. The molecule has 0 radical (unpaired) electrons. The predicted molar refractivity (Wildman–Crippen MR) is 46.8 cm³/mol. The summed E-state index contributed by atoms with van der Waals surface area (Å²) in [7, 11) is 0. The molecule has 1 aromatic rings. The van der Waals surface area contributed by atoms with Gasteiger partial charge in [0.05, 0.1) is 13.3 Å². The molecular formula is C10H13FO. The fourth-order valence-electron chi connectivity index (χ4n) is 1.09. The van der Waals surface area contributed by atoms with E-state index in [9.17, 15) is 4.39 Å². The summed E-state index contributed by atoms with van der Waals surface area (Å²) in [6.45, 7) is 1.50. The second-order valence-corrected chi connectivity index (χ2v) is 2.96. The number of hydrogen-bond acceptors (Lipinski definition) is 1. The van der Waals surface area contributed by atoms with Crippen LogP contribution in [0.25, 0.3) is 0 Å². The summed E-state index contributed by atoms with van der Waals surface area (Å²) in [5.74, 6) is -0.0727. The van der Waals surface area contributed by atoms with Gasteiger partial charge in [0.25, 0.3) is 0 Å². The summed E-state index contributed by atoms with van der Waals surface area (Å²) in [6, 6.07) is 7.38. The van der Waals surface area contributed by atoms with Gasteiger partial charge in [-0.2, -0.15) is 0 Å². The van der Waals surface area contributed by atoms with Gasteiger partial charge >= 0.3 is 0 Å². The highest BCUT2D eigenvalue weighted by Gasteiger charge is 2.04. The van der Waals surface area contributed by atoms with Gasteiger partial charge in [-0.3, -0.25) is 4.39 Å². The molecule has 0 saturated carbocycles. The van der Waals surface area contributed by atoms with Gasteiger partial charge < -0.3 is 5.11 Å². The largest absolute Gasteiger partial charge is 0.392 e. The highest BCUT2D eigenvalue weighted by molar-refractivity contribution is 5.25. The first-order valence-electron chi connectivity index (χ1n) is 4.03. The highest BCUT2D eigenvalue weighted by atomic mass is 19.1. The SMILES string of the molecule is CC(CF)c1cccc(CO)c1. The topological polar surface area (TPSA) is 20.2 Å². The van der Waals surface area contributed by atoms with Gasteiger partial charge in [-0.1, -0.05) is 31.2 Å². The fourth-order valence-corrected chi connectivity index (χ4v) is 1.09. The molecular weight excluding hydrogens is 155 g/mol. The van der Waals surface area contributed by atoms with Crippen LogP contribution in [0, 0.1) is 0 Å². The van der Waals surface area contributed by atoms with Gasteiger partial charge in [-0.05, 0) is 11.1 Å². The number of aliphatic hydroxyl groups is 1. The smallest absolute Gasteiger partial charge is 0.0960 e. The van der Waals surface area contributed by atoms with Crippen molar-refractivity contribution in [1.29, 1.82) is 0 Å². The van der Waals surface area contributed by atoms with Crippen LogP contribution in [0.2, 0.25) is 0 Å². The van der Waals surface area contributed by atoms with Crippen molar-refractivity contribution in [1.82, 2.24) is 0 Å². The number of halogens is 1. The van der Waals surface area contributed by atoms with E-state index in [0.717, 1.165) is 11.1 Å². The molecule has 0 aliphatic rings. The molecule has 1 atom stereocenters. The minimum Gasteiger partial charge on any atom is -0.392 e. The maximum absolute atomic E-state index is 12.2. The lowest BCUT2D eigenvalue weighted by Gasteiger charge is -2.07. The predicted octanol–water partition coefficient (Wildman–Crippen LogP) is 2.25. The summed E-state index contributed by atoms with van der Waals surface area (Å²) in [6.07, 6.45) is 0. The lowest BCUT2D eigenvalue weighted by molar-refractivity contribution is 0.281. The minimum absolute atomic E-state index is 0.0207. The molecule has 2 heteroatoms. The second kappa shape index (κ2) is 4.21. The van der Waals surface area contributed by atoms with Crippen LogP contribution in [-0.2, 0) is 6.61 Å². The van der Waals surface area contributed by atoms with Crippen molar-refractivity contribution in [3.05, 3.63) is 35.4 Å². The Bertz CT molecular complexity index is 247. The van der Waals surface area contributed by atoms with Gasteiger partial charge in [0.1, 0.15) is 0 Å². The van der Waals surface area contributed by atoms with E-state index in [-0.39, 0.29) is 19.2 Å². The lowest BCUT2D eigenvalue weighted by Crippen LogP contribution is -1.96. The summed E-state index contributed by atoms with van der Waals surface area (Å²) in [5, 5.41) is 8.82. The number of alkyl halides is 1. The maximum atomic E-state index is 12.2. The third-order valence-corrected chi connectivity index (χ3v) is 1.93. The van der Waals surface area contributed by atoms with Gasteiger partial charge in [-0.25, -0.2) is 0 Å². The average molecular weight is 168 g/mol. The molecule has 1 nitrogen and oxygen atoms in total. The van der Waals surface area contributed by atoms with E-state index in [1.807, 2.05) is 31.2 Å². The number of rotatable bonds is 3. The van der Waals surface area contributed by atoms with Crippen molar-refractivity contribution in [2.24, 2.45) is 0 Å². The van der Waals surface area contributed by atoms with Crippen molar-refractivity contribution in [2.45, 2.75) is 19.4 Å². The monoisotopic (exact) mass is 168 g/mol. The third-order valence-electron chi connectivity index (χ3n) is 1.93. The van der Waals surface area contributed by atoms with Crippen LogP contribution in [0.3, 0.4) is 0 Å². The minimum atomic E-state index is -0.352. The van der Waals surface area contributed by atoms with Crippen LogP contribution >= 0.6 is 0 Å². The zero-order valence-corrected chi connectivity index (χ0v) is 7.13. The van der Waals surface area contributed by atoms with E-state index in [2.05, 4.69) is 0 Å². The van der Waals surface area contributed by atoms with Crippen molar-refractivity contribution < 1.29 is 9.50 Å². The molecule has 12 heavy (non-hydrogen) atoms. The zero-order chi connectivity index (χ0) is 8.97. The van der Waals surface area contributed by atoms with Crippen molar-refractivity contribution >= 4 is 0 Å². The van der Waals surface area contributed by atoms with Crippen molar-refractivity contribution in [3.8, 4) is 0 Å². The molecule has 0 heterocycles. The molecule has 0 spiro atoms. The van der Waals surface area contributed by atoms with Gasteiger partial charge in [0.15, 0.2) is 0 Å². The van der Waals surface area contributed by atoms with Crippen LogP contribution < -0.4 is 0 Å². The van der Waals surface area contributed by atoms with Crippen LogP contribution in [0.1, 0.15) is 24.0 Å². The van der Waals surface area contributed by atoms with Crippen LogP contribution in [0.4, 0.5) is 4.39 Å². The van der Waals surface area contributed by atoms with E-state index in [4.69, 9.17) is 5.11 Å².